The van der Waals surface area contributed by atoms with Crippen LogP contribution in [0.2, 0.25) is 0 Å². The van der Waals surface area contributed by atoms with Gasteiger partial charge in [-0.3, -0.25) is 0 Å². The molecule has 0 aromatic heterocycles. The lowest BCUT2D eigenvalue weighted by Crippen LogP contribution is -2.25. The summed E-state index contributed by atoms with van der Waals surface area (Å²) in [6.07, 6.45) is 1.39. The zero-order valence-corrected chi connectivity index (χ0v) is 7.73. The van der Waals surface area contributed by atoms with E-state index in [2.05, 4.69) is 0 Å². The summed E-state index contributed by atoms with van der Waals surface area (Å²) in [6.45, 7) is 0. The maximum atomic E-state index is 10.4. The number of rotatable bonds is 2. The minimum atomic E-state index is -1.05. The molecule has 0 fully saturated rings. The standard InChI is InChI=1S/C11H11O3/c12-11(13)7-9-6-5-8-3-1-2-4-10(8)14-9/h1-4,9H,5-7H2. The summed E-state index contributed by atoms with van der Waals surface area (Å²) >= 11 is 0. The molecule has 0 bridgehead atoms. The number of benzene rings is 1. The Hall–Kier alpha value is -1.51. The number of aryl methyl sites for hydroxylation is 1. The first-order chi connectivity index (χ1) is 6.75. The third-order valence-corrected chi connectivity index (χ3v) is 2.40. The minimum Gasteiger partial charge on any atom is -0.490 e. The lowest BCUT2D eigenvalue weighted by molar-refractivity contribution is -0.145. The quantitative estimate of drug-likeness (QED) is 0.714. The van der Waals surface area contributed by atoms with E-state index in [-0.39, 0.29) is 12.5 Å². The van der Waals surface area contributed by atoms with Gasteiger partial charge >= 0.3 is 5.97 Å². The molecule has 0 N–H and O–H groups in total. The first-order valence-corrected chi connectivity index (χ1v) is 4.70. The van der Waals surface area contributed by atoms with Gasteiger partial charge < -0.3 is 4.74 Å². The normalized spacial score (nSPS) is 19.6. The van der Waals surface area contributed by atoms with E-state index in [1.807, 2.05) is 24.3 Å². The first-order valence-electron chi connectivity index (χ1n) is 4.70. The summed E-state index contributed by atoms with van der Waals surface area (Å²) in [5.74, 6) is -0.237. The lowest BCUT2D eigenvalue weighted by Gasteiger charge is -2.24. The number of carbonyl (C=O) groups is 1. The van der Waals surface area contributed by atoms with Crippen LogP contribution in [0.25, 0.3) is 0 Å². The van der Waals surface area contributed by atoms with Crippen molar-refractivity contribution in [1.82, 2.24) is 0 Å². The molecule has 2 rings (SSSR count). The Bertz CT molecular complexity index is 346. The molecule has 1 aliphatic heterocycles. The summed E-state index contributed by atoms with van der Waals surface area (Å²) in [7, 11) is 0. The van der Waals surface area contributed by atoms with Gasteiger partial charge in [0.25, 0.3) is 0 Å². The Morgan fingerprint density at radius 2 is 2.21 bits per heavy atom. The van der Waals surface area contributed by atoms with E-state index in [4.69, 9.17) is 4.74 Å². The van der Waals surface area contributed by atoms with E-state index in [0.29, 0.717) is 0 Å². The molecule has 1 heterocycles. The Kier molecular flexibility index (Phi) is 2.39. The molecule has 1 atom stereocenters. The van der Waals surface area contributed by atoms with Crippen LogP contribution in [0.3, 0.4) is 0 Å². The van der Waals surface area contributed by atoms with Crippen molar-refractivity contribution < 1.29 is 14.6 Å². The molecular weight excluding hydrogens is 180 g/mol. The highest BCUT2D eigenvalue weighted by Gasteiger charge is 2.21. The van der Waals surface area contributed by atoms with Crippen molar-refractivity contribution in [2.75, 3.05) is 0 Å². The predicted molar refractivity (Wildman–Crippen MR) is 49.5 cm³/mol. The van der Waals surface area contributed by atoms with E-state index >= 15 is 0 Å². The van der Waals surface area contributed by atoms with Crippen LogP contribution < -0.4 is 4.74 Å². The van der Waals surface area contributed by atoms with Gasteiger partial charge in [0, 0.05) is 0 Å². The fourth-order valence-corrected chi connectivity index (χ4v) is 1.71. The molecule has 0 amide bonds. The Morgan fingerprint density at radius 3 is 3.00 bits per heavy atom. The minimum absolute atomic E-state index is 0.0195. The third-order valence-electron chi connectivity index (χ3n) is 2.40. The fourth-order valence-electron chi connectivity index (χ4n) is 1.71. The van der Waals surface area contributed by atoms with Crippen molar-refractivity contribution in [2.24, 2.45) is 0 Å². The zero-order valence-electron chi connectivity index (χ0n) is 7.73. The summed E-state index contributed by atoms with van der Waals surface area (Å²) in [5.41, 5.74) is 1.15. The molecule has 3 heteroatoms. The average molecular weight is 191 g/mol. The topological polar surface area (TPSA) is 46.2 Å². The van der Waals surface area contributed by atoms with Crippen molar-refractivity contribution in [3.8, 4) is 5.75 Å². The molecule has 1 unspecified atom stereocenters. The van der Waals surface area contributed by atoms with Gasteiger partial charge in [-0.05, 0) is 24.5 Å². The molecular formula is C11H11O3. The molecule has 0 spiro atoms. The fraction of sp³-hybridized carbons (Fsp3) is 0.364. The first kappa shape index (κ1) is 9.06. The Labute approximate surface area is 82.3 Å². The van der Waals surface area contributed by atoms with Crippen molar-refractivity contribution in [1.29, 1.82) is 0 Å². The highest BCUT2D eigenvalue weighted by atomic mass is 16.5. The molecule has 14 heavy (non-hydrogen) atoms. The monoisotopic (exact) mass is 191 g/mol. The van der Waals surface area contributed by atoms with Crippen LogP contribution in [0, 0.1) is 0 Å². The van der Waals surface area contributed by atoms with Crippen LogP contribution >= 0.6 is 0 Å². The van der Waals surface area contributed by atoms with Gasteiger partial charge in [0.05, 0.1) is 6.42 Å². The highest BCUT2D eigenvalue weighted by Crippen LogP contribution is 2.27. The van der Waals surface area contributed by atoms with Crippen LogP contribution in [0.4, 0.5) is 0 Å². The van der Waals surface area contributed by atoms with E-state index in [1.54, 1.807) is 0 Å². The molecule has 1 aliphatic rings. The number of ether oxygens (including phenoxy) is 1. The second-order valence-corrected chi connectivity index (χ2v) is 3.46. The van der Waals surface area contributed by atoms with Gasteiger partial charge in [-0.15, -0.1) is 0 Å². The molecule has 0 aliphatic carbocycles. The maximum Gasteiger partial charge on any atom is 0.359 e. The molecule has 0 saturated carbocycles. The Balaban J connectivity index is 2.09. The maximum absolute atomic E-state index is 10.4. The number of hydrogen-bond acceptors (Lipinski definition) is 2. The van der Waals surface area contributed by atoms with Gasteiger partial charge in [0.15, 0.2) is 0 Å². The van der Waals surface area contributed by atoms with Crippen LogP contribution in [0.5, 0.6) is 5.75 Å². The van der Waals surface area contributed by atoms with Gasteiger partial charge in [0.1, 0.15) is 11.9 Å². The second kappa shape index (κ2) is 3.70. The molecule has 1 radical (unpaired) electrons. The van der Waals surface area contributed by atoms with Crippen LogP contribution in [0.15, 0.2) is 24.3 Å². The largest absolute Gasteiger partial charge is 0.490 e. The third kappa shape index (κ3) is 1.87. The average Bonchev–Trinajstić information content (AvgIpc) is 2.17. The summed E-state index contributed by atoms with van der Waals surface area (Å²) in [5, 5.41) is 10.4. The summed E-state index contributed by atoms with van der Waals surface area (Å²) < 4.78 is 5.52. The van der Waals surface area contributed by atoms with Crippen LogP contribution in [-0.2, 0) is 16.3 Å². The van der Waals surface area contributed by atoms with Crippen molar-refractivity contribution in [3.63, 3.8) is 0 Å². The van der Waals surface area contributed by atoms with E-state index in [0.717, 1.165) is 24.2 Å². The van der Waals surface area contributed by atoms with Gasteiger partial charge in [0.2, 0.25) is 0 Å². The van der Waals surface area contributed by atoms with Crippen LogP contribution in [0.1, 0.15) is 18.4 Å². The molecule has 1 aromatic carbocycles. The van der Waals surface area contributed by atoms with E-state index < -0.39 is 5.97 Å². The lowest BCUT2D eigenvalue weighted by atomic mass is 10.0. The SMILES string of the molecule is [O]C(=O)CC1CCc2ccccc2O1. The van der Waals surface area contributed by atoms with E-state index in [9.17, 15) is 9.90 Å². The second-order valence-electron chi connectivity index (χ2n) is 3.46. The smallest absolute Gasteiger partial charge is 0.359 e. The van der Waals surface area contributed by atoms with E-state index in [1.165, 1.54) is 0 Å². The number of fused-ring (bicyclic) bond motifs is 1. The van der Waals surface area contributed by atoms with Crippen molar-refractivity contribution in [2.45, 2.75) is 25.4 Å². The van der Waals surface area contributed by atoms with Crippen LogP contribution in [-0.4, -0.2) is 12.1 Å². The van der Waals surface area contributed by atoms with Gasteiger partial charge in [-0.2, -0.15) is 0 Å². The summed E-state index contributed by atoms with van der Waals surface area (Å²) in [4.78, 5) is 10.4. The highest BCUT2D eigenvalue weighted by molar-refractivity contribution is 5.67. The molecule has 1 aromatic rings. The number of para-hydroxylation sites is 1. The number of carbonyl (C=O) groups excluding carboxylic acids is 1. The van der Waals surface area contributed by atoms with Gasteiger partial charge in [-0.1, -0.05) is 18.2 Å². The predicted octanol–water partition coefficient (Wildman–Crippen LogP) is 1.73. The van der Waals surface area contributed by atoms with Crippen molar-refractivity contribution >= 4 is 5.97 Å². The molecule has 3 nitrogen and oxygen atoms in total. The van der Waals surface area contributed by atoms with Gasteiger partial charge in [-0.25, -0.2) is 9.90 Å². The zero-order chi connectivity index (χ0) is 9.97. The molecule has 73 valence electrons. The van der Waals surface area contributed by atoms with Crippen molar-refractivity contribution in [3.05, 3.63) is 29.8 Å². The molecule has 0 saturated heterocycles. The Morgan fingerprint density at radius 1 is 1.43 bits per heavy atom. The summed E-state index contributed by atoms with van der Waals surface area (Å²) in [6, 6.07) is 7.73. The number of hydrogen-bond donors (Lipinski definition) is 0.